The standard InChI is InChI=1S/C11H25NOS/c1-3-5-7-12(9-10-13)8-6-11-14-4-2/h13H,3-11H2,1-2H3. The second-order valence-corrected chi connectivity index (χ2v) is 4.86. The fraction of sp³-hybridized carbons (Fsp3) is 1.00. The van der Waals surface area contributed by atoms with E-state index < -0.39 is 0 Å². The van der Waals surface area contributed by atoms with Crippen LogP contribution in [0.3, 0.4) is 0 Å². The van der Waals surface area contributed by atoms with Crippen LogP contribution in [0.15, 0.2) is 0 Å². The number of aliphatic hydroxyl groups excluding tert-OH is 1. The van der Waals surface area contributed by atoms with Crippen molar-refractivity contribution in [2.24, 2.45) is 0 Å². The second-order valence-electron chi connectivity index (χ2n) is 3.47. The van der Waals surface area contributed by atoms with Crippen LogP contribution in [0.2, 0.25) is 0 Å². The first-order valence-electron chi connectivity index (χ1n) is 5.76. The van der Waals surface area contributed by atoms with E-state index in [9.17, 15) is 0 Å². The van der Waals surface area contributed by atoms with Gasteiger partial charge >= 0.3 is 0 Å². The van der Waals surface area contributed by atoms with Gasteiger partial charge in [-0.25, -0.2) is 0 Å². The summed E-state index contributed by atoms with van der Waals surface area (Å²) in [4.78, 5) is 2.37. The van der Waals surface area contributed by atoms with E-state index in [-0.39, 0.29) is 0 Å². The Morgan fingerprint density at radius 1 is 1.07 bits per heavy atom. The van der Waals surface area contributed by atoms with Crippen LogP contribution in [0, 0.1) is 0 Å². The number of nitrogens with zero attached hydrogens (tertiary/aromatic N) is 1. The van der Waals surface area contributed by atoms with E-state index in [1.165, 1.54) is 30.8 Å². The summed E-state index contributed by atoms with van der Waals surface area (Å²) in [6.07, 6.45) is 3.74. The van der Waals surface area contributed by atoms with E-state index in [2.05, 4.69) is 18.7 Å². The molecule has 0 saturated carbocycles. The summed E-state index contributed by atoms with van der Waals surface area (Å²) in [5.41, 5.74) is 0. The Hall–Kier alpha value is 0.270. The number of hydrogen-bond donors (Lipinski definition) is 1. The van der Waals surface area contributed by atoms with Crippen molar-refractivity contribution in [3.63, 3.8) is 0 Å². The minimum absolute atomic E-state index is 0.296. The van der Waals surface area contributed by atoms with E-state index in [4.69, 9.17) is 5.11 Å². The van der Waals surface area contributed by atoms with Crippen molar-refractivity contribution in [3.05, 3.63) is 0 Å². The Balaban J connectivity index is 3.40. The zero-order valence-corrected chi connectivity index (χ0v) is 10.5. The molecule has 0 aromatic rings. The van der Waals surface area contributed by atoms with Gasteiger partial charge in [0.25, 0.3) is 0 Å². The van der Waals surface area contributed by atoms with Gasteiger partial charge < -0.3 is 10.0 Å². The molecular weight excluding hydrogens is 194 g/mol. The van der Waals surface area contributed by atoms with E-state index >= 15 is 0 Å². The molecule has 0 aromatic heterocycles. The third-order valence-corrected chi connectivity index (χ3v) is 3.20. The molecule has 0 aliphatic heterocycles. The third-order valence-electron chi connectivity index (χ3n) is 2.21. The Kier molecular flexibility index (Phi) is 11.6. The quantitative estimate of drug-likeness (QED) is 0.570. The molecule has 0 aliphatic rings. The van der Waals surface area contributed by atoms with Crippen LogP contribution in [-0.4, -0.2) is 47.8 Å². The molecule has 14 heavy (non-hydrogen) atoms. The largest absolute Gasteiger partial charge is 0.395 e. The first-order chi connectivity index (χ1) is 6.85. The number of hydrogen-bond acceptors (Lipinski definition) is 3. The summed E-state index contributed by atoms with van der Waals surface area (Å²) < 4.78 is 0. The van der Waals surface area contributed by atoms with Crippen molar-refractivity contribution in [2.75, 3.05) is 37.7 Å². The zero-order chi connectivity index (χ0) is 10.6. The van der Waals surface area contributed by atoms with E-state index in [0.29, 0.717) is 6.61 Å². The lowest BCUT2D eigenvalue weighted by molar-refractivity contribution is 0.194. The molecule has 0 fully saturated rings. The highest BCUT2D eigenvalue weighted by atomic mass is 32.2. The molecule has 2 nitrogen and oxygen atoms in total. The highest BCUT2D eigenvalue weighted by Crippen LogP contribution is 2.03. The third kappa shape index (κ3) is 8.85. The molecule has 0 aromatic carbocycles. The molecule has 0 amide bonds. The molecule has 0 spiro atoms. The van der Waals surface area contributed by atoms with Crippen molar-refractivity contribution in [1.82, 2.24) is 4.90 Å². The van der Waals surface area contributed by atoms with Crippen molar-refractivity contribution < 1.29 is 5.11 Å². The molecule has 0 aliphatic carbocycles. The predicted molar refractivity (Wildman–Crippen MR) is 66.0 cm³/mol. The lowest BCUT2D eigenvalue weighted by Gasteiger charge is -2.20. The molecule has 0 radical (unpaired) electrons. The Morgan fingerprint density at radius 3 is 2.36 bits per heavy atom. The maximum Gasteiger partial charge on any atom is 0.0558 e. The maximum atomic E-state index is 8.89. The minimum Gasteiger partial charge on any atom is -0.395 e. The van der Waals surface area contributed by atoms with Gasteiger partial charge in [-0.1, -0.05) is 20.3 Å². The van der Waals surface area contributed by atoms with Crippen LogP contribution in [0.5, 0.6) is 0 Å². The van der Waals surface area contributed by atoms with Crippen LogP contribution in [0.25, 0.3) is 0 Å². The molecule has 0 atom stereocenters. The van der Waals surface area contributed by atoms with Gasteiger partial charge in [0, 0.05) is 6.54 Å². The molecular formula is C11H25NOS. The molecule has 86 valence electrons. The van der Waals surface area contributed by atoms with Gasteiger partial charge in [0.1, 0.15) is 0 Å². The van der Waals surface area contributed by atoms with Gasteiger partial charge in [-0.05, 0) is 37.4 Å². The topological polar surface area (TPSA) is 23.5 Å². The van der Waals surface area contributed by atoms with Crippen molar-refractivity contribution >= 4 is 11.8 Å². The van der Waals surface area contributed by atoms with Gasteiger partial charge in [-0.3, -0.25) is 0 Å². The molecule has 0 saturated heterocycles. The number of thioether (sulfide) groups is 1. The Morgan fingerprint density at radius 2 is 1.79 bits per heavy atom. The van der Waals surface area contributed by atoms with Crippen LogP contribution in [0.4, 0.5) is 0 Å². The monoisotopic (exact) mass is 219 g/mol. The van der Waals surface area contributed by atoms with Gasteiger partial charge in [0.2, 0.25) is 0 Å². The lowest BCUT2D eigenvalue weighted by Crippen LogP contribution is -2.29. The molecule has 0 bridgehead atoms. The molecule has 3 heteroatoms. The summed E-state index contributed by atoms with van der Waals surface area (Å²) in [7, 11) is 0. The van der Waals surface area contributed by atoms with Crippen molar-refractivity contribution in [3.8, 4) is 0 Å². The van der Waals surface area contributed by atoms with Crippen molar-refractivity contribution in [1.29, 1.82) is 0 Å². The van der Waals surface area contributed by atoms with Gasteiger partial charge in [-0.15, -0.1) is 0 Å². The highest BCUT2D eigenvalue weighted by molar-refractivity contribution is 7.99. The SMILES string of the molecule is CCCCN(CCO)CCCSCC. The van der Waals surface area contributed by atoms with Crippen LogP contribution in [0.1, 0.15) is 33.1 Å². The second kappa shape index (κ2) is 11.3. The van der Waals surface area contributed by atoms with Gasteiger partial charge in [0.15, 0.2) is 0 Å². The van der Waals surface area contributed by atoms with Crippen LogP contribution in [-0.2, 0) is 0 Å². The highest BCUT2D eigenvalue weighted by Gasteiger charge is 2.02. The smallest absolute Gasteiger partial charge is 0.0558 e. The Bertz CT molecular complexity index is 111. The fourth-order valence-corrected chi connectivity index (χ4v) is 2.02. The lowest BCUT2D eigenvalue weighted by atomic mass is 10.3. The average molecular weight is 219 g/mol. The number of rotatable bonds is 10. The average Bonchev–Trinajstić information content (AvgIpc) is 2.20. The maximum absolute atomic E-state index is 8.89. The van der Waals surface area contributed by atoms with E-state index in [0.717, 1.165) is 19.6 Å². The number of aliphatic hydroxyl groups is 1. The molecule has 0 unspecified atom stereocenters. The minimum atomic E-state index is 0.296. The summed E-state index contributed by atoms with van der Waals surface area (Å²) in [5, 5.41) is 8.89. The summed E-state index contributed by atoms with van der Waals surface area (Å²) in [5.74, 6) is 2.47. The van der Waals surface area contributed by atoms with E-state index in [1.807, 2.05) is 11.8 Å². The molecule has 1 N–H and O–H groups in total. The first kappa shape index (κ1) is 14.3. The fourth-order valence-electron chi connectivity index (χ4n) is 1.39. The summed E-state index contributed by atoms with van der Waals surface area (Å²) in [6, 6.07) is 0. The van der Waals surface area contributed by atoms with Crippen LogP contribution < -0.4 is 0 Å². The number of unbranched alkanes of at least 4 members (excludes halogenated alkanes) is 1. The first-order valence-corrected chi connectivity index (χ1v) is 6.91. The van der Waals surface area contributed by atoms with E-state index in [1.54, 1.807) is 0 Å². The van der Waals surface area contributed by atoms with Gasteiger partial charge in [0.05, 0.1) is 6.61 Å². The van der Waals surface area contributed by atoms with Crippen molar-refractivity contribution in [2.45, 2.75) is 33.1 Å². The van der Waals surface area contributed by atoms with Crippen LogP contribution >= 0.6 is 11.8 Å². The summed E-state index contributed by atoms with van der Waals surface area (Å²) in [6.45, 7) is 7.85. The summed E-state index contributed by atoms with van der Waals surface area (Å²) >= 11 is 2.00. The molecule has 0 heterocycles. The molecule has 0 rings (SSSR count). The normalized spacial score (nSPS) is 11.1. The predicted octanol–water partition coefficient (Wildman–Crippen LogP) is 2.22. The zero-order valence-electron chi connectivity index (χ0n) is 9.67. The van der Waals surface area contributed by atoms with Gasteiger partial charge in [-0.2, -0.15) is 11.8 Å². The Labute approximate surface area is 93.1 Å².